The van der Waals surface area contributed by atoms with Crippen molar-refractivity contribution >= 4 is 0 Å². The lowest BCUT2D eigenvalue weighted by Crippen LogP contribution is -2.13. The lowest BCUT2D eigenvalue weighted by molar-refractivity contribution is 0.633. The summed E-state index contributed by atoms with van der Waals surface area (Å²) in [7, 11) is 0. The van der Waals surface area contributed by atoms with Crippen LogP contribution in [0.3, 0.4) is 0 Å². The Morgan fingerprint density at radius 3 is 2.61 bits per heavy atom. The molecule has 0 aliphatic heterocycles. The molecule has 0 spiro atoms. The number of pyridine rings is 1. The van der Waals surface area contributed by atoms with Crippen molar-refractivity contribution in [3.63, 3.8) is 0 Å². The van der Waals surface area contributed by atoms with Gasteiger partial charge in [-0.2, -0.15) is 0 Å². The third kappa shape index (κ3) is 3.41. The fourth-order valence-corrected chi connectivity index (χ4v) is 2.24. The van der Waals surface area contributed by atoms with Crippen LogP contribution in [0.25, 0.3) is 0 Å². The van der Waals surface area contributed by atoms with Gasteiger partial charge in [0.2, 0.25) is 0 Å². The molecule has 1 atom stereocenters. The van der Waals surface area contributed by atoms with Crippen molar-refractivity contribution in [1.82, 2.24) is 4.98 Å². The molecule has 0 fully saturated rings. The number of hydrogen-bond donors (Lipinski definition) is 1. The molecule has 2 rings (SSSR count). The Balaban J connectivity index is 2.02. The standard InChI is InChI=1S/C16H20N2/c1-13-3-2-4-15(11-13)16(12-17)6-5-14-7-9-18-10-8-14/h2-4,7-11,16H,5-6,12,17H2,1H3. The van der Waals surface area contributed by atoms with E-state index in [0.717, 1.165) is 12.8 Å². The zero-order chi connectivity index (χ0) is 12.8. The number of aromatic nitrogens is 1. The van der Waals surface area contributed by atoms with Gasteiger partial charge in [-0.1, -0.05) is 29.8 Å². The second-order valence-corrected chi connectivity index (χ2v) is 4.74. The average Bonchev–Trinajstić information content (AvgIpc) is 2.41. The first-order chi connectivity index (χ1) is 8.79. The first kappa shape index (κ1) is 12.8. The van der Waals surface area contributed by atoms with Gasteiger partial charge in [0.15, 0.2) is 0 Å². The van der Waals surface area contributed by atoms with E-state index in [0.29, 0.717) is 12.5 Å². The van der Waals surface area contributed by atoms with E-state index in [4.69, 9.17) is 5.73 Å². The van der Waals surface area contributed by atoms with Gasteiger partial charge in [0.1, 0.15) is 0 Å². The second-order valence-electron chi connectivity index (χ2n) is 4.74. The summed E-state index contributed by atoms with van der Waals surface area (Å²) in [5.74, 6) is 0.443. The third-order valence-corrected chi connectivity index (χ3v) is 3.33. The molecule has 2 aromatic rings. The first-order valence-corrected chi connectivity index (χ1v) is 6.45. The number of nitrogens with zero attached hydrogens (tertiary/aromatic N) is 1. The molecule has 0 aliphatic carbocycles. The minimum Gasteiger partial charge on any atom is -0.330 e. The molecular formula is C16H20N2. The Morgan fingerprint density at radius 2 is 1.94 bits per heavy atom. The van der Waals surface area contributed by atoms with Gasteiger partial charge in [0.05, 0.1) is 0 Å². The Hall–Kier alpha value is -1.67. The predicted octanol–water partition coefficient (Wildman–Crippen LogP) is 3.07. The summed E-state index contributed by atoms with van der Waals surface area (Å²) in [6, 6.07) is 12.8. The van der Waals surface area contributed by atoms with Gasteiger partial charge in [0, 0.05) is 12.4 Å². The van der Waals surface area contributed by atoms with Gasteiger partial charge >= 0.3 is 0 Å². The van der Waals surface area contributed by atoms with Crippen LogP contribution in [-0.4, -0.2) is 11.5 Å². The Bertz CT molecular complexity index is 479. The molecule has 0 bridgehead atoms. The minimum atomic E-state index is 0.443. The third-order valence-electron chi connectivity index (χ3n) is 3.33. The Morgan fingerprint density at radius 1 is 1.17 bits per heavy atom. The van der Waals surface area contributed by atoms with Crippen LogP contribution in [0.2, 0.25) is 0 Å². The zero-order valence-corrected chi connectivity index (χ0v) is 10.8. The number of aryl methyl sites for hydroxylation is 2. The largest absolute Gasteiger partial charge is 0.330 e. The van der Waals surface area contributed by atoms with Gasteiger partial charge in [-0.25, -0.2) is 0 Å². The molecule has 0 aliphatic rings. The highest BCUT2D eigenvalue weighted by atomic mass is 14.6. The van der Waals surface area contributed by atoms with E-state index in [9.17, 15) is 0 Å². The molecule has 0 radical (unpaired) electrons. The lowest BCUT2D eigenvalue weighted by atomic mass is 9.92. The molecule has 1 heterocycles. The van der Waals surface area contributed by atoms with Crippen LogP contribution in [0.1, 0.15) is 29.0 Å². The Labute approximate surface area is 109 Å². The number of nitrogens with two attached hydrogens (primary N) is 1. The molecule has 0 saturated carbocycles. The molecule has 0 saturated heterocycles. The van der Waals surface area contributed by atoms with Crippen LogP contribution >= 0.6 is 0 Å². The normalized spacial score (nSPS) is 12.3. The molecular weight excluding hydrogens is 220 g/mol. The molecule has 2 heteroatoms. The maximum Gasteiger partial charge on any atom is 0.0270 e. The number of rotatable bonds is 5. The summed E-state index contributed by atoms with van der Waals surface area (Å²) >= 11 is 0. The molecule has 1 aromatic carbocycles. The molecule has 2 N–H and O–H groups in total. The minimum absolute atomic E-state index is 0.443. The summed E-state index contributed by atoms with van der Waals surface area (Å²) < 4.78 is 0. The van der Waals surface area contributed by atoms with E-state index in [-0.39, 0.29) is 0 Å². The lowest BCUT2D eigenvalue weighted by Gasteiger charge is -2.15. The summed E-state index contributed by atoms with van der Waals surface area (Å²) in [6.45, 7) is 2.83. The maximum atomic E-state index is 5.91. The molecule has 18 heavy (non-hydrogen) atoms. The van der Waals surface area contributed by atoms with E-state index < -0.39 is 0 Å². The van der Waals surface area contributed by atoms with Gasteiger partial charge in [-0.3, -0.25) is 4.98 Å². The SMILES string of the molecule is Cc1cccc(C(CN)CCc2ccncc2)c1. The topological polar surface area (TPSA) is 38.9 Å². The molecule has 0 amide bonds. The number of benzene rings is 1. The van der Waals surface area contributed by atoms with E-state index in [1.807, 2.05) is 12.4 Å². The van der Waals surface area contributed by atoms with Gasteiger partial charge in [-0.05, 0) is 55.5 Å². The zero-order valence-electron chi connectivity index (χ0n) is 10.8. The summed E-state index contributed by atoms with van der Waals surface area (Å²) in [5, 5.41) is 0. The van der Waals surface area contributed by atoms with E-state index >= 15 is 0 Å². The highest BCUT2D eigenvalue weighted by molar-refractivity contribution is 5.26. The quantitative estimate of drug-likeness (QED) is 0.872. The van der Waals surface area contributed by atoms with Gasteiger partial charge in [0.25, 0.3) is 0 Å². The van der Waals surface area contributed by atoms with Crippen molar-refractivity contribution < 1.29 is 0 Å². The van der Waals surface area contributed by atoms with E-state index in [1.165, 1.54) is 16.7 Å². The van der Waals surface area contributed by atoms with Crippen LogP contribution in [-0.2, 0) is 6.42 Å². The molecule has 1 aromatic heterocycles. The van der Waals surface area contributed by atoms with Gasteiger partial charge in [-0.15, -0.1) is 0 Å². The van der Waals surface area contributed by atoms with Gasteiger partial charge < -0.3 is 5.73 Å². The smallest absolute Gasteiger partial charge is 0.0270 e. The predicted molar refractivity (Wildman–Crippen MR) is 75.5 cm³/mol. The van der Waals surface area contributed by atoms with Crippen LogP contribution in [0.4, 0.5) is 0 Å². The number of hydrogen-bond acceptors (Lipinski definition) is 2. The average molecular weight is 240 g/mol. The van der Waals surface area contributed by atoms with Crippen LogP contribution in [0.5, 0.6) is 0 Å². The van der Waals surface area contributed by atoms with E-state index in [1.54, 1.807) is 0 Å². The molecule has 1 unspecified atom stereocenters. The molecule has 2 nitrogen and oxygen atoms in total. The first-order valence-electron chi connectivity index (χ1n) is 6.45. The van der Waals surface area contributed by atoms with Crippen molar-refractivity contribution in [2.45, 2.75) is 25.7 Å². The highest BCUT2D eigenvalue weighted by Crippen LogP contribution is 2.21. The summed E-state index contributed by atoms with van der Waals surface area (Å²) in [5.41, 5.74) is 9.89. The van der Waals surface area contributed by atoms with Crippen molar-refractivity contribution in [3.8, 4) is 0 Å². The van der Waals surface area contributed by atoms with Crippen molar-refractivity contribution in [2.75, 3.05) is 6.54 Å². The molecule has 94 valence electrons. The maximum absolute atomic E-state index is 5.91. The van der Waals surface area contributed by atoms with Crippen LogP contribution in [0, 0.1) is 6.92 Å². The van der Waals surface area contributed by atoms with Crippen LogP contribution < -0.4 is 5.73 Å². The fraction of sp³-hybridized carbons (Fsp3) is 0.312. The monoisotopic (exact) mass is 240 g/mol. The summed E-state index contributed by atoms with van der Waals surface area (Å²) in [4.78, 5) is 4.04. The van der Waals surface area contributed by atoms with Crippen molar-refractivity contribution in [2.24, 2.45) is 5.73 Å². The van der Waals surface area contributed by atoms with Crippen molar-refractivity contribution in [3.05, 3.63) is 65.5 Å². The fourth-order valence-electron chi connectivity index (χ4n) is 2.24. The summed E-state index contributed by atoms with van der Waals surface area (Å²) in [6.07, 6.45) is 5.83. The van der Waals surface area contributed by atoms with Crippen molar-refractivity contribution in [1.29, 1.82) is 0 Å². The van der Waals surface area contributed by atoms with E-state index in [2.05, 4.69) is 48.3 Å². The highest BCUT2D eigenvalue weighted by Gasteiger charge is 2.09. The van der Waals surface area contributed by atoms with Crippen LogP contribution in [0.15, 0.2) is 48.8 Å². The second kappa shape index (κ2) is 6.31. The Kier molecular flexibility index (Phi) is 4.48.